The molecule has 1 heterocycles. The standard InChI is InChI=1S/C23H27F2N3O2/c1-15-5-7-16(8-6-15)21-12-19(30-27-21)14-28(22(29)26-23(2,3)4)13-17-9-10-18(24)11-20(17)25/h5-11,19H,12-14H2,1-4H3,(H,26,29)/t19-/m1/s1. The molecule has 1 aliphatic heterocycles. The van der Waals surface area contributed by atoms with E-state index in [1.54, 1.807) is 0 Å². The lowest BCUT2D eigenvalue weighted by atomic mass is 10.0. The third-order valence-corrected chi connectivity index (χ3v) is 4.69. The van der Waals surface area contributed by atoms with Crippen molar-refractivity contribution < 1.29 is 18.4 Å². The fraction of sp³-hybridized carbons (Fsp3) is 0.391. The van der Waals surface area contributed by atoms with Gasteiger partial charge in [-0.2, -0.15) is 0 Å². The SMILES string of the molecule is Cc1ccc(C2=NO[C@@H](CN(Cc3ccc(F)cc3F)C(=O)NC(C)(C)C)C2)cc1. The van der Waals surface area contributed by atoms with E-state index in [1.807, 2.05) is 52.0 Å². The molecule has 0 spiro atoms. The molecular weight excluding hydrogens is 388 g/mol. The van der Waals surface area contributed by atoms with Crippen molar-refractivity contribution in [3.05, 3.63) is 70.8 Å². The number of rotatable bonds is 5. The Morgan fingerprint density at radius 1 is 1.20 bits per heavy atom. The van der Waals surface area contributed by atoms with Gasteiger partial charge in [-0.3, -0.25) is 0 Å². The number of oxime groups is 1. The van der Waals surface area contributed by atoms with Gasteiger partial charge in [0.1, 0.15) is 11.6 Å². The van der Waals surface area contributed by atoms with E-state index < -0.39 is 17.2 Å². The van der Waals surface area contributed by atoms with Crippen molar-refractivity contribution in [2.24, 2.45) is 5.16 Å². The molecule has 0 aliphatic carbocycles. The van der Waals surface area contributed by atoms with E-state index in [0.717, 1.165) is 22.9 Å². The lowest BCUT2D eigenvalue weighted by molar-refractivity contribution is 0.0578. The van der Waals surface area contributed by atoms with Crippen molar-refractivity contribution in [3.8, 4) is 0 Å². The van der Waals surface area contributed by atoms with Crippen LogP contribution < -0.4 is 5.32 Å². The highest BCUT2D eigenvalue weighted by Gasteiger charge is 2.28. The highest BCUT2D eigenvalue weighted by molar-refractivity contribution is 6.01. The van der Waals surface area contributed by atoms with Gasteiger partial charge in [-0.25, -0.2) is 13.6 Å². The molecule has 2 aromatic rings. The van der Waals surface area contributed by atoms with E-state index >= 15 is 0 Å². The summed E-state index contributed by atoms with van der Waals surface area (Å²) in [6.07, 6.45) is 0.185. The van der Waals surface area contributed by atoms with E-state index in [1.165, 1.54) is 17.0 Å². The molecule has 2 aromatic carbocycles. The maximum atomic E-state index is 14.2. The van der Waals surface area contributed by atoms with E-state index in [2.05, 4.69) is 10.5 Å². The molecule has 1 aliphatic rings. The van der Waals surface area contributed by atoms with Gasteiger partial charge in [0.05, 0.1) is 18.8 Å². The molecule has 0 aromatic heterocycles. The third-order valence-electron chi connectivity index (χ3n) is 4.69. The zero-order valence-corrected chi connectivity index (χ0v) is 17.7. The van der Waals surface area contributed by atoms with Crippen molar-refractivity contribution >= 4 is 11.7 Å². The van der Waals surface area contributed by atoms with Crippen molar-refractivity contribution in [3.63, 3.8) is 0 Å². The number of urea groups is 1. The van der Waals surface area contributed by atoms with E-state index in [-0.39, 0.29) is 30.8 Å². The second-order valence-corrected chi connectivity index (χ2v) is 8.63. The largest absolute Gasteiger partial charge is 0.390 e. The summed E-state index contributed by atoms with van der Waals surface area (Å²) in [4.78, 5) is 19.9. The summed E-state index contributed by atoms with van der Waals surface area (Å²) in [5.74, 6) is -1.34. The molecule has 0 saturated heterocycles. The van der Waals surface area contributed by atoms with Gasteiger partial charge < -0.3 is 15.1 Å². The molecule has 7 heteroatoms. The number of hydrogen-bond acceptors (Lipinski definition) is 3. The minimum absolute atomic E-state index is 0.00620. The van der Waals surface area contributed by atoms with Gasteiger partial charge in [-0.05, 0) is 39.3 Å². The summed E-state index contributed by atoms with van der Waals surface area (Å²) in [6.45, 7) is 7.83. The molecular formula is C23H27F2N3O2. The number of halogens is 2. The van der Waals surface area contributed by atoms with Gasteiger partial charge in [0.25, 0.3) is 0 Å². The Balaban J connectivity index is 1.72. The lowest BCUT2D eigenvalue weighted by Crippen LogP contribution is -2.50. The monoisotopic (exact) mass is 415 g/mol. The lowest BCUT2D eigenvalue weighted by Gasteiger charge is -2.29. The highest BCUT2D eigenvalue weighted by Crippen LogP contribution is 2.20. The molecule has 5 nitrogen and oxygen atoms in total. The summed E-state index contributed by atoms with van der Waals surface area (Å²) >= 11 is 0. The van der Waals surface area contributed by atoms with Crippen molar-refractivity contribution in [2.45, 2.75) is 52.3 Å². The maximum Gasteiger partial charge on any atom is 0.318 e. The molecule has 2 amide bonds. The van der Waals surface area contributed by atoms with Crippen LogP contribution in [0.4, 0.5) is 13.6 Å². The predicted octanol–water partition coefficient (Wildman–Crippen LogP) is 4.78. The van der Waals surface area contributed by atoms with Crippen LogP contribution in [0.5, 0.6) is 0 Å². The number of aryl methyl sites for hydroxylation is 1. The summed E-state index contributed by atoms with van der Waals surface area (Å²) in [5, 5.41) is 7.07. The van der Waals surface area contributed by atoms with E-state index in [9.17, 15) is 13.6 Å². The predicted molar refractivity (Wildman–Crippen MR) is 112 cm³/mol. The number of amides is 2. The van der Waals surface area contributed by atoms with E-state index in [0.29, 0.717) is 6.42 Å². The van der Waals surface area contributed by atoms with Crippen LogP contribution in [0.2, 0.25) is 0 Å². The van der Waals surface area contributed by atoms with Crippen molar-refractivity contribution in [1.82, 2.24) is 10.2 Å². The molecule has 0 radical (unpaired) electrons. The molecule has 0 saturated carbocycles. The summed E-state index contributed by atoms with van der Waals surface area (Å²) in [5.41, 5.74) is 2.71. The summed E-state index contributed by atoms with van der Waals surface area (Å²) < 4.78 is 27.4. The quantitative estimate of drug-likeness (QED) is 0.764. The maximum absolute atomic E-state index is 14.2. The molecule has 0 fully saturated rings. The summed E-state index contributed by atoms with van der Waals surface area (Å²) in [6, 6.07) is 11.0. The van der Waals surface area contributed by atoms with Crippen LogP contribution in [0.1, 0.15) is 43.9 Å². The molecule has 1 atom stereocenters. The molecule has 160 valence electrons. The van der Waals surface area contributed by atoms with Crippen LogP contribution in [0.3, 0.4) is 0 Å². The van der Waals surface area contributed by atoms with Gasteiger partial charge in [-0.15, -0.1) is 0 Å². The number of benzene rings is 2. The van der Waals surface area contributed by atoms with Gasteiger partial charge in [0.15, 0.2) is 6.10 Å². The van der Waals surface area contributed by atoms with E-state index in [4.69, 9.17) is 4.84 Å². The van der Waals surface area contributed by atoms with Gasteiger partial charge in [-0.1, -0.05) is 41.1 Å². The number of carbonyl (C=O) groups excluding carboxylic acids is 1. The first-order chi connectivity index (χ1) is 14.1. The zero-order chi connectivity index (χ0) is 21.9. The molecule has 3 rings (SSSR count). The second kappa shape index (κ2) is 8.81. The minimum Gasteiger partial charge on any atom is -0.390 e. The number of carbonyl (C=O) groups is 1. The molecule has 30 heavy (non-hydrogen) atoms. The Kier molecular flexibility index (Phi) is 6.39. The van der Waals surface area contributed by atoms with Crippen LogP contribution in [0.15, 0.2) is 47.6 Å². The molecule has 1 N–H and O–H groups in total. The smallest absolute Gasteiger partial charge is 0.318 e. The average Bonchev–Trinajstić information content (AvgIpc) is 3.11. The topological polar surface area (TPSA) is 53.9 Å². The second-order valence-electron chi connectivity index (χ2n) is 8.63. The first-order valence-electron chi connectivity index (χ1n) is 9.91. The molecule has 0 bridgehead atoms. The highest BCUT2D eigenvalue weighted by atomic mass is 19.1. The Labute approximate surface area is 175 Å². The minimum atomic E-state index is -0.688. The van der Waals surface area contributed by atoms with Crippen LogP contribution in [0.25, 0.3) is 0 Å². The Morgan fingerprint density at radius 3 is 2.53 bits per heavy atom. The van der Waals surface area contributed by atoms with Gasteiger partial charge in [0, 0.05) is 23.6 Å². The molecule has 0 unspecified atom stereocenters. The van der Waals surface area contributed by atoms with Gasteiger partial charge >= 0.3 is 6.03 Å². The number of hydrogen-bond donors (Lipinski definition) is 1. The van der Waals surface area contributed by atoms with Crippen LogP contribution >= 0.6 is 0 Å². The Bertz CT molecular complexity index is 936. The Hall–Kier alpha value is -2.96. The van der Waals surface area contributed by atoms with Crippen molar-refractivity contribution in [2.75, 3.05) is 6.54 Å². The number of nitrogens with one attached hydrogen (secondary N) is 1. The first-order valence-corrected chi connectivity index (χ1v) is 9.91. The first kappa shape index (κ1) is 21.7. The Morgan fingerprint density at radius 2 is 1.90 bits per heavy atom. The van der Waals surface area contributed by atoms with Gasteiger partial charge in [0.2, 0.25) is 0 Å². The number of nitrogens with zero attached hydrogens (tertiary/aromatic N) is 2. The van der Waals surface area contributed by atoms with Crippen LogP contribution in [0, 0.1) is 18.6 Å². The average molecular weight is 415 g/mol. The fourth-order valence-electron chi connectivity index (χ4n) is 3.16. The van der Waals surface area contributed by atoms with Crippen LogP contribution in [-0.4, -0.2) is 34.8 Å². The normalized spacial score (nSPS) is 16.1. The summed E-state index contributed by atoms with van der Waals surface area (Å²) in [7, 11) is 0. The zero-order valence-electron chi connectivity index (χ0n) is 17.7. The third kappa shape index (κ3) is 5.78. The fourth-order valence-corrected chi connectivity index (χ4v) is 3.16. The van der Waals surface area contributed by atoms with Crippen LogP contribution in [-0.2, 0) is 11.4 Å². The van der Waals surface area contributed by atoms with Crippen molar-refractivity contribution in [1.29, 1.82) is 0 Å².